The first kappa shape index (κ1) is 25.9. The molecule has 5 nitrogen and oxygen atoms in total. The summed E-state index contributed by atoms with van der Waals surface area (Å²) in [6.45, 7) is 2.43. The molecule has 0 aliphatic carbocycles. The fourth-order valence-corrected chi connectivity index (χ4v) is 3.84. The molecule has 0 radical (unpaired) electrons. The molecule has 34 heavy (non-hydrogen) atoms. The largest absolute Gasteiger partial charge is 0.534 e. The first-order chi connectivity index (χ1) is 16.0. The number of rotatable bonds is 8. The van der Waals surface area contributed by atoms with Crippen LogP contribution in [0.15, 0.2) is 77.9 Å². The van der Waals surface area contributed by atoms with Crippen LogP contribution in [0.5, 0.6) is 5.75 Å². The maximum atomic E-state index is 12.7. The highest BCUT2D eigenvalue weighted by molar-refractivity contribution is 7.88. The summed E-state index contributed by atoms with van der Waals surface area (Å²) >= 11 is 12.1. The summed E-state index contributed by atoms with van der Waals surface area (Å²) in [5.41, 5.74) is 0.214. The molecule has 3 rings (SSSR count). The minimum absolute atomic E-state index is 0.465. The van der Waals surface area contributed by atoms with Crippen molar-refractivity contribution < 1.29 is 25.8 Å². The Hall–Kier alpha value is -2.75. The summed E-state index contributed by atoms with van der Waals surface area (Å²) in [6.07, 6.45) is 0. The number of hydrogen-bond donors (Lipinski definition) is 1. The Morgan fingerprint density at radius 1 is 0.912 bits per heavy atom. The first-order valence-electron chi connectivity index (χ1n) is 9.94. The number of benzene rings is 3. The molecule has 1 N–H and O–H groups in total. The van der Waals surface area contributed by atoms with Gasteiger partial charge < -0.3 is 9.61 Å². The van der Waals surface area contributed by atoms with Crippen LogP contribution in [0, 0.1) is 0 Å². The van der Waals surface area contributed by atoms with E-state index in [1.165, 1.54) is 12.1 Å². The van der Waals surface area contributed by atoms with Crippen LogP contribution in [0.4, 0.5) is 13.2 Å². The van der Waals surface area contributed by atoms with Gasteiger partial charge in [0.15, 0.2) is 0 Å². The Labute approximate surface area is 205 Å². The highest BCUT2D eigenvalue weighted by Crippen LogP contribution is 2.33. The van der Waals surface area contributed by atoms with Crippen LogP contribution >= 0.6 is 23.2 Å². The number of nitrogens with zero attached hydrogens (tertiary/aromatic N) is 1. The average molecular weight is 531 g/mol. The van der Waals surface area contributed by atoms with Crippen LogP contribution in [0.2, 0.25) is 10.0 Å². The van der Waals surface area contributed by atoms with Gasteiger partial charge in [0, 0.05) is 16.6 Å². The summed E-state index contributed by atoms with van der Waals surface area (Å²) in [6, 6.07) is 19.4. The van der Waals surface area contributed by atoms with Gasteiger partial charge in [-0.25, -0.2) is 0 Å². The summed E-state index contributed by atoms with van der Waals surface area (Å²) in [4.78, 5) is 0. The first-order valence-corrected chi connectivity index (χ1v) is 12.1. The van der Waals surface area contributed by atoms with Crippen molar-refractivity contribution in [1.29, 1.82) is 0 Å². The van der Waals surface area contributed by atoms with Crippen LogP contribution in [0.3, 0.4) is 0 Å². The predicted molar refractivity (Wildman–Crippen MR) is 127 cm³/mol. The fourth-order valence-electron chi connectivity index (χ4n) is 3.13. The summed E-state index contributed by atoms with van der Waals surface area (Å²) < 4.78 is 64.9. The van der Waals surface area contributed by atoms with E-state index in [0.717, 1.165) is 23.3 Å². The minimum atomic E-state index is -5.78. The zero-order chi connectivity index (χ0) is 24.9. The van der Waals surface area contributed by atoms with Crippen molar-refractivity contribution in [1.82, 2.24) is 5.43 Å². The van der Waals surface area contributed by atoms with E-state index in [4.69, 9.17) is 23.2 Å². The van der Waals surface area contributed by atoms with Crippen molar-refractivity contribution in [2.75, 3.05) is 6.54 Å². The Morgan fingerprint density at radius 3 is 1.85 bits per heavy atom. The van der Waals surface area contributed by atoms with Crippen molar-refractivity contribution in [3.63, 3.8) is 0 Å². The third-order valence-corrected chi connectivity index (χ3v) is 6.16. The van der Waals surface area contributed by atoms with Crippen LogP contribution in [0.1, 0.15) is 29.5 Å². The number of hydrazone groups is 1. The van der Waals surface area contributed by atoms with E-state index in [2.05, 4.69) is 14.7 Å². The monoisotopic (exact) mass is 530 g/mol. The summed E-state index contributed by atoms with van der Waals surface area (Å²) in [7, 11) is -5.78. The van der Waals surface area contributed by atoms with E-state index < -0.39 is 27.3 Å². The van der Waals surface area contributed by atoms with Crippen molar-refractivity contribution >= 4 is 39.0 Å². The quantitative estimate of drug-likeness (QED) is 0.159. The highest BCUT2D eigenvalue weighted by atomic mass is 35.5. The van der Waals surface area contributed by atoms with Gasteiger partial charge in [0.25, 0.3) is 0 Å². The van der Waals surface area contributed by atoms with Gasteiger partial charge in [-0.05, 0) is 60.0 Å². The number of hydrogen-bond acceptors (Lipinski definition) is 5. The predicted octanol–water partition coefficient (Wildman–Crippen LogP) is 6.37. The molecule has 11 heteroatoms. The summed E-state index contributed by atoms with van der Waals surface area (Å²) in [5, 5.41) is 5.62. The van der Waals surface area contributed by atoms with Crippen molar-refractivity contribution in [2.45, 2.75) is 18.3 Å². The molecule has 0 saturated heterocycles. The molecule has 180 valence electrons. The zero-order valence-corrected chi connectivity index (χ0v) is 20.0. The third-order valence-electron chi connectivity index (χ3n) is 4.68. The second-order valence-corrected chi connectivity index (χ2v) is 9.46. The van der Waals surface area contributed by atoms with E-state index in [-0.39, 0.29) is 0 Å². The molecule has 0 aromatic heterocycles. The van der Waals surface area contributed by atoms with Gasteiger partial charge >= 0.3 is 15.6 Å². The topological polar surface area (TPSA) is 67.8 Å². The van der Waals surface area contributed by atoms with Gasteiger partial charge in [-0.15, -0.1) is 0 Å². The van der Waals surface area contributed by atoms with Gasteiger partial charge in [0.1, 0.15) is 5.75 Å². The Kier molecular flexibility index (Phi) is 8.12. The van der Waals surface area contributed by atoms with E-state index in [1.54, 1.807) is 36.4 Å². The third kappa shape index (κ3) is 6.22. The maximum Gasteiger partial charge on any atom is 0.534 e. The molecule has 0 aliphatic heterocycles. The molecule has 0 fully saturated rings. The van der Waals surface area contributed by atoms with Gasteiger partial charge in [-0.1, -0.05) is 59.6 Å². The van der Waals surface area contributed by atoms with Gasteiger partial charge in [-0.2, -0.15) is 26.7 Å². The van der Waals surface area contributed by atoms with Gasteiger partial charge in [0.2, 0.25) is 0 Å². The highest BCUT2D eigenvalue weighted by Gasteiger charge is 2.48. The zero-order valence-electron chi connectivity index (χ0n) is 17.7. The molecular formula is C23H19Cl2F3N2O3S. The average Bonchev–Trinajstić information content (AvgIpc) is 2.78. The number of alkyl halides is 3. The Morgan fingerprint density at radius 2 is 1.38 bits per heavy atom. The molecule has 0 heterocycles. The normalized spacial score (nSPS) is 13.4. The second-order valence-electron chi connectivity index (χ2n) is 7.05. The van der Waals surface area contributed by atoms with Crippen LogP contribution in [-0.4, -0.2) is 26.2 Å². The van der Waals surface area contributed by atoms with Crippen molar-refractivity contribution in [2.24, 2.45) is 5.10 Å². The van der Waals surface area contributed by atoms with Crippen LogP contribution < -0.4 is 9.61 Å². The fraction of sp³-hybridized carbons (Fsp3) is 0.174. The van der Waals surface area contributed by atoms with E-state index >= 15 is 0 Å². The molecular weight excluding hydrogens is 512 g/mol. The number of nitrogens with one attached hydrogen (secondary N) is 1. The second kappa shape index (κ2) is 10.7. The molecule has 3 aromatic carbocycles. The molecule has 0 saturated carbocycles. The SMILES string of the molecule is CCN/N=C(\c1ccc(Cl)cc1)C(c1ccc(Cl)cc1)c1ccc(OS(=O)(=O)C(F)(F)F)cc1. The van der Waals surface area contributed by atoms with Gasteiger partial charge in [0.05, 0.1) is 11.6 Å². The molecule has 3 aromatic rings. The lowest BCUT2D eigenvalue weighted by atomic mass is 9.84. The van der Waals surface area contributed by atoms with E-state index in [9.17, 15) is 21.6 Å². The lowest BCUT2D eigenvalue weighted by molar-refractivity contribution is -0.0500. The van der Waals surface area contributed by atoms with Crippen molar-refractivity contribution in [3.8, 4) is 5.75 Å². The standard InChI is InChI=1S/C23H19Cl2F3N2O3S/c1-2-29-30-22(17-5-11-19(25)12-6-17)21(15-3-9-18(24)10-4-15)16-7-13-20(14-8-16)33-34(31,32)23(26,27)28/h3-14,21,29H,2H2,1H3/b30-22+. The maximum absolute atomic E-state index is 12.7. The minimum Gasteiger partial charge on any atom is -0.376 e. The molecule has 1 atom stereocenters. The lowest BCUT2D eigenvalue weighted by Gasteiger charge is -2.22. The summed E-state index contributed by atoms with van der Waals surface area (Å²) in [5.74, 6) is -0.946. The molecule has 0 amide bonds. The lowest BCUT2D eigenvalue weighted by Crippen LogP contribution is -2.28. The Bertz CT molecular complexity index is 1250. The van der Waals surface area contributed by atoms with Crippen LogP contribution in [0.25, 0.3) is 0 Å². The van der Waals surface area contributed by atoms with E-state index in [0.29, 0.717) is 27.9 Å². The van der Waals surface area contributed by atoms with Crippen LogP contribution in [-0.2, 0) is 10.1 Å². The van der Waals surface area contributed by atoms with E-state index in [1.807, 2.05) is 19.1 Å². The Balaban J connectivity index is 2.09. The number of halogens is 5. The molecule has 0 spiro atoms. The smallest absolute Gasteiger partial charge is 0.376 e. The van der Waals surface area contributed by atoms with Gasteiger partial charge in [-0.3, -0.25) is 0 Å². The molecule has 0 aliphatic rings. The molecule has 1 unspecified atom stereocenters. The van der Waals surface area contributed by atoms with Crippen molar-refractivity contribution in [3.05, 3.63) is 99.5 Å². The molecule has 0 bridgehead atoms.